The highest BCUT2D eigenvalue weighted by molar-refractivity contribution is 5.97. The molecule has 2 rings (SSSR count). The Kier molecular flexibility index (Phi) is 3.52. The summed E-state index contributed by atoms with van der Waals surface area (Å²) in [6.07, 6.45) is 4.44. The van der Waals surface area contributed by atoms with Crippen LogP contribution in [-0.2, 0) is 0 Å². The summed E-state index contributed by atoms with van der Waals surface area (Å²) in [5.74, 6) is -0.122. The number of nitrogen functional groups attached to an aromatic ring is 1. The lowest BCUT2D eigenvalue weighted by Crippen LogP contribution is -2.31. The number of aromatic hydroxyl groups is 1. The largest absolute Gasteiger partial charge is 0.507 e. The van der Waals surface area contributed by atoms with Crippen LogP contribution < -0.4 is 5.73 Å². The molecule has 0 bridgehead atoms. The number of amides is 1. The van der Waals surface area contributed by atoms with Crippen molar-refractivity contribution in [1.82, 2.24) is 4.90 Å². The molecule has 4 heteroatoms. The van der Waals surface area contributed by atoms with Crippen LogP contribution in [0.4, 0.5) is 5.69 Å². The average molecular weight is 234 g/mol. The molecule has 1 fully saturated rings. The summed E-state index contributed by atoms with van der Waals surface area (Å²) in [4.78, 5) is 14.0. The highest BCUT2D eigenvalue weighted by atomic mass is 16.3. The number of carbonyl (C=O) groups is 1. The maximum Gasteiger partial charge on any atom is 0.257 e. The number of benzene rings is 1. The molecule has 1 aliphatic rings. The maximum atomic E-state index is 12.2. The van der Waals surface area contributed by atoms with Gasteiger partial charge in [-0.25, -0.2) is 0 Å². The molecule has 0 radical (unpaired) electrons. The van der Waals surface area contributed by atoms with Gasteiger partial charge in [0.25, 0.3) is 5.91 Å². The maximum absolute atomic E-state index is 12.2. The van der Waals surface area contributed by atoms with Crippen molar-refractivity contribution in [2.45, 2.75) is 25.7 Å². The van der Waals surface area contributed by atoms with Crippen LogP contribution in [-0.4, -0.2) is 29.0 Å². The Bertz CT molecular complexity index is 410. The predicted octanol–water partition coefficient (Wildman–Crippen LogP) is 1.99. The highest BCUT2D eigenvalue weighted by Crippen LogP contribution is 2.23. The van der Waals surface area contributed by atoms with Crippen molar-refractivity contribution in [3.63, 3.8) is 0 Å². The van der Waals surface area contributed by atoms with Crippen LogP contribution in [0.15, 0.2) is 18.2 Å². The zero-order valence-electron chi connectivity index (χ0n) is 9.85. The fourth-order valence-electron chi connectivity index (χ4n) is 2.17. The SMILES string of the molecule is Nc1ccc(C(=O)N2CCCCCC2)c(O)c1. The Morgan fingerprint density at radius 1 is 1.18 bits per heavy atom. The number of rotatable bonds is 1. The zero-order valence-corrected chi connectivity index (χ0v) is 9.85. The first-order valence-corrected chi connectivity index (χ1v) is 6.06. The molecule has 1 heterocycles. The van der Waals surface area contributed by atoms with Crippen LogP contribution >= 0.6 is 0 Å². The standard InChI is InChI=1S/C13H18N2O2/c14-10-5-6-11(12(16)9-10)13(17)15-7-3-1-2-4-8-15/h5-6,9,16H,1-4,7-8,14H2. The number of nitrogens with zero attached hydrogens (tertiary/aromatic N) is 1. The van der Waals surface area contributed by atoms with Gasteiger partial charge in [-0.15, -0.1) is 0 Å². The van der Waals surface area contributed by atoms with Gasteiger partial charge in [0.05, 0.1) is 5.56 Å². The van der Waals surface area contributed by atoms with Crippen molar-refractivity contribution < 1.29 is 9.90 Å². The number of nitrogens with two attached hydrogens (primary N) is 1. The van der Waals surface area contributed by atoms with Gasteiger partial charge in [0.15, 0.2) is 0 Å². The third kappa shape index (κ3) is 2.70. The lowest BCUT2D eigenvalue weighted by Gasteiger charge is -2.20. The first-order chi connectivity index (χ1) is 8.18. The third-order valence-electron chi connectivity index (χ3n) is 3.15. The summed E-state index contributed by atoms with van der Waals surface area (Å²) in [5.41, 5.74) is 6.36. The van der Waals surface area contributed by atoms with Crippen LogP contribution in [0.1, 0.15) is 36.0 Å². The van der Waals surface area contributed by atoms with Crippen LogP contribution in [0, 0.1) is 0 Å². The second-order valence-electron chi connectivity index (χ2n) is 4.48. The summed E-state index contributed by atoms with van der Waals surface area (Å²) in [5, 5.41) is 9.74. The van der Waals surface area contributed by atoms with Gasteiger partial charge in [-0.2, -0.15) is 0 Å². The first-order valence-electron chi connectivity index (χ1n) is 6.06. The minimum atomic E-state index is -0.0931. The molecule has 0 saturated carbocycles. The Hall–Kier alpha value is -1.71. The van der Waals surface area contributed by atoms with E-state index in [2.05, 4.69) is 0 Å². The van der Waals surface area contributed by atoms with Gasteiger partial charge in [-0.05, 0) is 25.0 Å². The van der Waals surface area contributed by atoms with Gasteiger partial charge in [-0.1, -0.05) is 12.8 Å². The monoisotopic (exact) mass is 234 g/mol. The lowest BCUT2D eigenvalue weighted by atomic mass is 10.1. The minimum absolute atomic E-state index is 0.0285. The molecule has 92 valence electrons. The Morgan fingerprint density at radius 3 is 2.41 bits per heavy atom. The summed E-state index contributed by atoms with van der Waals surface area (Å²) in [6, 6.07) is 4.66. The average Bonchev–Trinajstić information content (AvgIpc) is 2.56. The van der Waals surface area contributed by atoms with E-state index >= 15 is 0 Å². The van der Waals surface area contributed by atoms with E-state index in [1.807, 2.05) is 4.90 Å². The van der Waals surface area contributed by atoms with Crippen molar-refractivity contribution in [2.24, 2.45) is 0 Å². The molecule has 1 saturated heterocycles. The Balaban J connectivity index is 2.17. The number of phenolic OH excluding ortho intramolecular Hbond substituents is 1. The van der Waals surface area contributed by atoms with E-state index in [0.29, 0.717) is 11.3 Å². The molecular formula is C13H18N2O2. The van der Waals surface area contributed by atoms with Gasteiger partial charge in [-0.3, -0.25) is 4.79 Å². The molecule has 0 aromatic heterocycles. The molecule has 0 spiro atoms. The molecule has 17 heavy (non-hydrogen) atoms. The second kappa shape index (κ2) is 5.08. The smallest absolute Gasteiger partial charge is 0.257 e. The molecule has 3 N–H and O–H groups in total. The van der Waals surface area contributed by atoms with E-state index in [-0.39, 0.29) is 11.7 Å². The number of hydrogen-bond donors (Lipinski definition) is 2. The molecule has 4 nitrogen and oxygen atoms in total. The van der Waals surface area contributed by atoms with Crippen molar-refractivity contribution in [3.8, 4) is 5.75 Å². The van der Waals surface area contributed by atoms with E-state index in [4.69, 9.17) is 5.73 Å². The summed E-state index contributed by atoms with van der Waals surface area (Å²) < 4.78 is 0. The number of phenols is 1. The number of likely N-dealkylation sites (tertiary alicyclic amines) is 1. The number of carbonyl (C=O) groups excluding carboxylic acids is 1. The van der Waals surface area contributed by atoms with E-state index in [1.165, 1.54) is 18.9 Å². The zero-order chi connectivity index (χ0) is 12.3. The number of hydrogen-bond acceptors (Lipinski definition) is 3. The van der Waals surface area contributed by atoms with Crippen LogP contribution in [0.25, 0.3) is 0 Å². The third-order valence-corrected chi connectivity index (χ3v) is 3.15. The minimum Gasteiger partial charge on any atom is -0.507 e. The van der Waals surface area contributed by atoms with Gasteiger partial charge in [0.2, 0.25) is 0 Å². The first kappa shape index (κ1) is 11.8. The molecule has 1 aromatic carbocycles. The molecule has 1 amide bonds. The molecule has 1 aromatic rings. The summed E-state index contributed by atoms with van der Waals surface area (Å²) >= 11 is 0. The fourth-order valence-corrected chi connectivity index (χ4v) is 2.17. The summed E-state index contributed by atoms with van der Waals surface area (Å²) in [6.45, 7) is 1.56. The predicted molar refractivity (Wildman–Crippen MR) is 66.9 cm³/mol. The molecular weight excluding hydrogens is 216 g/mol. The van der Waals surface area contributed by atoms with Crippen molar-refractivity contribution in [1.29, 1.82) is 0 Å². The fraction of sp³-hybridized carbons (Fsp3) is 0.462. The highest BCUT2D eigenvalue weighted by Gasteiger charge is 2.19. The van der Waals surface area contributed by atoms with Gasteiger partial charge < -0.3 is 15.7 Å². The van der Waals surface area contributed by atoms with Gasteiger partial charge in [0, 0.05) is 24.8 Å². The van der Waals surface area contributed by atoms with Crippen molar-refractivity contribution in [2.75, 3.05) is 18.8 Å². The van der Waals surface area contributed by atoms with Crippen LogP contribution in [0.2, 0.25) is 0 Å². The van der Waals surface area contributed by atoms with Gasteiger partial charge >= 0.3 is 0 Å². The molecule has 0 atom stereocenters. The quantitative estimate of drug-likeness (QED) is 0.730. The Labute approximate surface area is 101 Å². The van der Waals surface area contributed by atoms with Crippen LogP contribution in [0.3, 0.4) is 0 Å². The van der Waals surface area contributed by atoms with E-state index in [9.17, 15) is 9.90 Å². The van der Waals surface area contributed by atoms with Gasteiger partial charge in [0.1, 0.15) is 5.75 Å². The molecule has 0 aliphatic carbocycles. The Morgan fingerprint density at radius 2 is 1.82 bits per heavy atom. The van der Waals surface area contributed by atoms with Crippen LogP contribution in [0.5, 0.6) is 5.75 Å². The summed E-state index contributed by atoms with van der Waals surface area (Å²) in [7, 11) is 0. The van der Waals surface area contributed by atoms with Crippen molar-refractivity contribution >= 4 is 11.6 Å². The molecule has 0 unspecified atom stereocenters. The van der Waals surface area contributed by atoms with E-state index in [1.54, 1.807) is 12.1 Å². The number of anilines is 1. The normalized spacial score (nSPS) is 16.6. The molecule has 1 aliphatic heterocycles. The topological polar surface area (TPSA) is 66.6 Å². The second-order valence-corrected chi connectivity index (χ2v) is 4.48. The lowest BCUT2D eigenvalue weighted by molar-refractivity contribution is 0.0758. The van der Waals surface area contributed by atoms with E-state index in [0.717, 1.165) is 25.9 Å². The van der Waals surface area contributed by atoms with E-state index < -0.39 is 0 Å². The van der Waals surface area contributed by atoms with Crippen molar-refractivity contribution in [3.05, 3.63) is 23.8 Å².